The van der Waals surface area contributed by atoms with E-state index in [4.69, 9.17) is 0 Å². The summed E-state index contributed by atoms with van der Waals surface area (Å²) in [6.07, 6.45) is 0. The minimum absolute atomic E-state index is 0.863. The van der Waals surface area contributed by atoms with Crippen molar-refractivity contribution in [1.29, 1.82) is 0 Å². The minimum atomic E-state index is 0.863. The fourth-order valence-corrected chi connectivity index (χ4v) is 0.438. The average Bonchev–Trinajstić information content (AvgIpc) is 1.68. The Kier molecular flexibility index (Phi) is 4.49. The summed E-state index contributed by atoms with van der Waals surface area (Å²) < 4.78 is 2.89. The van der Waals surface area contributed by atoms with Gasteiger partial charge in [0.15, 0.2) is 0 Å². The summed E-state index contributed by atoms with van der Waals surface area (Å²) in [5.74, 6) is 0.989. The Bertz CT molecular complexity index is 70.1. The molecular formula is C4H9IN2. The van der Waals surface area contributed by atoms with E-state index >= 15 is 0 Å². The van der Waals surface area contributed by atoms with Crippen LogP contribution >= 0.6 is 22.9 Å². The fourth-order valence-electron chi connectivity index (χ4n) is 0.267. The van der Waals surface area contributed by atoms with Crippen LogP contribution in [0.15, 0.2) is 4.99 Å². The highest BCUT2D eigenvalue weighted by atomic mass is 127. The number of halogens is 1. The molecule has 1 N–H and O–H groups in total. The van der Waals surface area contributed by atoms with Crippen LogP contribution < -0.4 is 3.53 Å². The van der Waals surface area contributed by atoms with Crippen LogP contribution in [0.25, 0.3) is 0 Å². The van der Waals surface area contributed by atoms with Gasteiger partial charge in [-0.1, -0.05) is 0 Å². The van der Waals surface area contributed by atoms with Crippen molar-refractivity contribution in [2.75, 3.05) is 6.54 Å². The zero-order chi connectivity index (χ0) is 5.70. The molecular weight excluding hydrogens is 203 g/mol. The van der Waals surface area contributed by atoms with Gasteiger partial charge in [0.1, 0.15) is 5.84 Å². The van der Waals surface area contributed by atoms with Gasteiger partial charge in [0.25, 0.3) is 0 Å². The summed E-state index contributed by atoms with van der Waals surface area (Å²) in [6.45, 7) is 4.81. The van der Waals surface area contributed by atoms with Gasteiger partial charge in [-0.25, -0.2) is 0 Å². The maximum absolute atomic E-state index is 4.04. The van der Waals surface area contributed by atoms with Crippen molar-refractivity contribution < 1.29 is 0 Å². The first-order valence-electron chi connectivity index (χ1n) is 2.19. The van der Waals surface area contributed by atoms with Crippen LogP contribution in [0.1, 0.15) is 13.8 Å². The normalized spacial score (nSPS) is 11.6. The zero-order valence-corrected chi connectivity index (χ0v) is 6.69. The molecule has 0 rings (SSSR count). The summed E-state index contributed by atoms with van der Waals surface area (Å²) in [5, 5.41) is 0. The topological polar surface area (TPSA) is 24.4 Å². The largest absolute Gasteiger partial charge is 0.317 e. The Morgan fingerprint density at radius 2 is 2.43 bits per heavy atom. The molecule has 0 aliphatic carbocycles. The molecule has 0 atom stereocenters. The van der Waals surface area contributed by atoms with E-state index in [9.17, 15) is 0 Å². The van der Waals surface area contributed by atoms with Crippen molar-refractivity contribution >= 4 is 28.7 Å². The molecule has 0 fully saturated rings. The van der Waals surface area contributed by atoms with E-state index in [1.54, 1.807) is 0 Å². The molecule has 42 valence electrons. The first kappa shape index (κ1) is 7.20. The van der Waals surface area contributed by atoms with Crippen LogP contribution in [0.4, 0.5) is 0 Å². The average molecular weight is 212 g/mol. The van der Waals surface area contributed by atoms with Crippen molar-refractivity contribution in [2.45, 2.75) is 13.8 Å². The lowest BCUT2D eigenvalue weighted by atomic mass is 10.7. The molecule has 0 aromatic carbocycles. The second kappa shape index (κ2) is 4.36. The number of amidine groups is 1. The van der Waals surface area contributed by atoms with Gasteiger partial charge in [0.05, 0.1) is 22.9 Å². The van der Waals surface area contributed by atoms with E-state index in [-0.39, 0.29) is 0 Å². The zero-order valence-electron chi connectivity index (χ0n) is 4.53. The van der Waals surface area contributed by atoms with E-state index < -0.39 is 0 Å². The smallest absolute Gasteiger partial charge is 0.102 e. The number of hydrogen-bond donors (Lipinski definition) is 1. The number of aliphatic imine (C=N–C) groups is 1. The predicted molar refractivity (Wildman–Crippen MR) is 40.8 cm³/mol. The Labute approximate surface area is 57.9 Å². The molecule has 2 nitrogen and oxygen atoms in total. The van der Waals surface area contributed by atoms with Gasteiger partial charge in [-0.15, -0.1) is 0 Å². The Morgan fingerprint density at radius 1 is 1.86 bits per heavy atom. The molecule has 0 saturated carbocycles. The third-order valence-corrected chi connectivity index (χ3v) is 1.31. The number of nitrogens with zero attached hydrogens (tertiary/aromatic N) is 1. The molecule has 0 saturated heterocycles. The molecule has 0 amide bonds. The van der Waals surface area contributed by atoms with Gasteiger partial charge in [-0.3, -0.25) is 4.99 Å². The van der Waals surface area contributed by atoms with Gasteiger partial charge < -0.3 is 3.53 Å². The van der Waals surface area contributed by atoms with Crippen molar-refractivity contribution in [1.82, 2.24) is 3.53 Å². The molecule has 0 unspecified atom stereocenters. The molecule has 0 aromatic heterocycles. The van der Waals surface area contributed by atoms with Crippen LogP contribution in [0, 0.1) is 0 Å². The predicted octanol–water partition coefficient (Wildman–Crippen LogP) is 1.36. The monoisotopic (exact) mass is 212 g/mol. The number of nitrogens with one attached hydrogen (secondary N) is 1. The van der Waals surface area contributed by atoms with E-state index in [2.05, 4.69) is 31.4 Å². The first-order chi connectivity index (χ1) is 3.31. The molecule has 0 spiro atoms. The standard InChI is InChI=1S/C4H9IN2/c1-3-6-4(2)7-5/h3H2,1-2H3,(H,6,7). The lowest BCUT2D eigenvalue weighted by Gasteiger charge is -1.90. The lowest BCUT2D eigenvalue weighted by Crippen LogP contribution is -2.05. The highest BCUT2D eigenvalue weighted by Gasteiger charge is 1.76. The van der Waals surface area contributed by atoms with Crippen LogP contribution in [-0.4, -0.2) is 12.4 Å². The lowest BCUT2D eigenvalue weighted by molar-refractivity contribution is 1.11. The van der Waals surface area contributed by atoms with Gasteiger partial charge >= 0.3 is 0 Å². The summed E-state index contributed by atoms with van der Waals surface area (Å²) in [7, 11) is 0. The summed E-state index contributed by atoms with van der Waals surface area (Å²) in [4.78, 5) is 4.04. The minimum Gasteiger partial charge on any atom is -0.317 e. The summed E-state index contributed by atoms with van der Waals surface area (Å²) >= 11 is 2.06. The van der Waals surface area contributed by atoms with Crippen LogP contribution in [-0.2, 0) is 0 Å². The Morgan fingerprint density at radius 3 is 2.57 bits per heavy atom. The van der Waals surface area contributed by atoms with Crippen LogP contribution in [0.3, 0.4) is 0 Å². The van der Waals surface area contributed by atoms with Crippen molar-refractivity contribution in [3.8, 4) is 0 Å². The quantitative estimate of drug-likeness (QED) is 0.302. The van der Waals surface area contributed by atoms with E-state index in [0.717, 1.165) is 12.4 Å². The molecule has 0 aliphatic heterocycles. The molecule has 0 bridgehead atoms. The van der Waals surface area contributed by atoms with E-state index in [1.165, 1.54) is 0 Å². The van der Waals surface area contributed by atoms with Crippen molar-refractivity contribution in [3.63, 3.8) is 0 Å². The van der Waals surface area contributed by atoms with Crippen LogP contribution in [0.5, 0.6) is 0 Å². The third kappa shape index (κ3) is 4.04. The third-order valence-electron chi connectivity index (χ3n) is 0.532. The Hall–Kier alpha value is 0.200. The number of hydrogen-bond acceptors (Lipinski definition) is 1. The van der Waals surface area contributed by atoms with Crippen molar-refractivity contribution in [2.24, 2.45) is 4.99 Å². The number of rotatable bonds is 1. The van der Waals surface area contributed by atoms with Crippen LogP contribution in [0.2, 0.25) is 0 Å². The molecule has 0 aliphatic rings. The molecule has 0 radical (unpaired) electrons. The molecule has 0 heterocycles. The van der Waals surface area contributed by atoms with Gasteiger partial charge in [-0.05, 0) is 13.8 Å². The summed E-state index contributed by atoms with van der Waals surface area (Å²) in [6, 6.07) is 0. The Balaban J connectivity index is 3.29. The second-order valence-electron chi connectivity index (χ2n) is 1.15. The summed E-state index contributed by atoms with van der Waals surface area (Å²) in [5.41, 5.74) is 0. The highest BCUT2D eigenvalue weighted by Crippen LogP contribution is 1.75. The highest BCUT2D eigenvalue weighted by molar-refractivity contribution is 14.1. The SMILES string of the molecule is CCN=C(C)NI. The van der Waals surface area contributed by atoms with Gasteiger partial charge in [-0.2, -0.15) is 0 Å². The van der Waals surface area contributed by atoms with Gasteiger partial charge in [0, 0.05) is 6.54 Å². The first-order valence-corrected chi connectivity index (χ1v) is 3.26. The van der Waals surface area contributed by atoms with Gasteiger partial charge in [0.2, 0.25) is 0 Å². The molecule has 0 aromatic rings. The maximum atomic E-state index is 4.04. The maximum Gasteiger partial charge on any atom is 0.102 e. The van der Waals surface area contributed by atoms with E-state index in [1.807, 2.05) is 13.8 Å². The molecule has 7 heavy (non-hydrogen) atoms. The molecule has 3 heteroatoms. The second-order valence-corrected chi connectivity index (χ2v) is 1.69. The van der Waals surface area contributed by atoms with E-state index in [0.29, 0.717) is 0 Å². The van der Waals surface area contributed by atoms with Crippen molar-refractivity contribution in [3.05, 3.63) is 0 Å². The fraction of sp³-hybridized carbons (Fsp3) is 0.750.